The minimum absolute atomic E-state index is 0.663. The van der Waals surface area contributed by atoms with Crippen LogP contribution in [0.4, 0.5) is 0 Å². The van der Waals surface area contributed by atoms with Crippen LogP contribution in [0.1, 0.15) is 26.0 Å². The predicted octanol–water partition coefficient (Wildman–Crippen LogP) is 5.29. The van der Waals surface area contributed by atoms with E-state index >= 15 is 0 Å². The molecule has 0 saturated heterocycles. The normalized spacial score (nSPS) is 11.5. The van der Waals surface area contributed by atoms with Crippen molar-refractivity contribution in [3.63, 3.8) is 0 Å². The van der Waals surface area contributed by atoms with E-state index in [1.165, 1.54) is 5.52 Å². The number of thiazole rings is 1. The zero-order chi connectivity index (χ0) is 18.6. The van der Waals surface area contributed by atoms with Gasteiger partial charge >= 0.3 is 0 Å². The summed E-state index contributed by atoms with van der Waals surface area (Å²) in [7, 11) is 0. The number of benzene rings is 1. The van der Waals surface area contributed by atoms with Crippen LogP contribution in [-0.2, 0) is 12.3 Å². The summed E-state index contributed by atoms with van der Waals surface area (Å²) >= 11 is 3.33. The van der Waals surface area contributed by atoms with E-state index in [1.807, 2.05) is 12.1 Å². The van der Waals surface area contributed by atoms with E-state index in [-0.39, 0.29) is 0 Å². The number of rotatable bonds is 7. The van der Waals surface area contributed by atoms with Gasteiger partial charge in [0.15, 0.2) is 16.0 Å². The second-order valence-electron chi connectivity index (χ2n) is 6.72. The van der Waals surface area contributed by atoms with Crippen molar-refractivity contribution < 1.29 is 0 Å². The van der Waals surface area contributed by atoms with Crippen LogP contribution in [-0.4, -0.2) is 24.5 Å². The topological polar surface area (TPSA) is 56.5 Å². The summed E-state index contributed by atoms with van der Waals surface area (Å²) in [5.41, 5.74) is 3.30. The van der Waals surface area contributed by atoms with Crippen molar-refractivity contribution in [3.8, 4) is 10.8 Å². The summed E-state index contributed by atoms with van der Waals surface area (Å²) in [5.74, 6) is 2.13. The van der Waals surface area contributed by atoms with Crippen molar-refractivity contribution in [1.29, 1.82) is 0 Å². The van der Waals surface area contributed by atoms with E-state index in [2.05, 4.69) is 56.9 Å². The summed E-state index contributed by atoms with van der Waals surface area (Å²) in [4.78, 5) is 18.1. The number of aromatic nitrogens is 5. The molecule has 3 heterocycles. The average molecular weight is 396 g/mol. The van der Waals surface area contributed by atoms with Crippen LogP contribution < -0.4 is 0 Å². The van der Waals surface area contributed by atoms with E-state index < -0.39 is 0 Å². The fraction of sp³-hybridized carbons (Fsp3) is 0.300. The first-order valence-electron chi connectivity index (χ1n) is 9.00. The Hall–Kier alpha value is -2.25. The molecule has 7 heteroatoms. The summed E-state index contributed by atoms with van der Waals surface area (Å²) in [5, 5.41) is 4.00. The van der Waals surface area contributed by atoms with Crippen molar-refractivity contribution in [2.45, 2.75) is 37.7 Å². The summed E-state index contributed by atoms with van der Waals surface area (Å²) < 4.78 is 2.34. The molecule has 5 nitrogen and oxygen atoms in total. The molecule has 0 N–H and O–H groups in total. The van der Waals surface area contributed by atoms with Gasteiger partial charge in [0.2, 0.25) is 0 Å². The van der Waals surface area contributed by atoms with Gasteiger partial charge in [0.1, 0.15) is 0 Å². The van der Waals surface area contributed by atoms with Crippen LogP contribution in [0, 0.1) is 5.92 Å². The third-order valence-corrected chi connectivity index (χ3v) is 6.10. The number of nitrogens with zero attached hydrogens (tertiary/aromatic N) is 5. The van der Waals surface area contributed by atoms with Crippen molar-refractivity contribution in [1.82, 2.24) is 24.5 Å². The Morgan fingerprint density at radius 2 is 1.89 bits per heavy atom. The highest BCUT2D eigenvalue weighted by molar-refractivity contribution is 7.98. The highest BCUT2D eigenvalue weighted by atomic mass is 32.2. The maximum Gasteiger partial charge on any atom is 0.188 e. The van der Waals surface area contributed by atoms with Crippen molar-refractivity contribution in [2.75, 3.05) is 0 Å². The van der Waals surface area contributed by atoms with E-state index in [1.54, 1.807) is 35.5 Å². The number of aryl methyl sites for hydroxylation is 1. The van der Waals surface area contributed by atoms with Crippen LogP contribution in [0.5, 0.6) is 0 Å². The summed E-state index contributed by atoms with van der Waals surface area (Å²) in [6.07, 6.45) is 4.63. The maximum absolute atomic E-state index is 4.85. The van der Waals surface area contributed by atoms with Gasteiger partial charge in [-0.05, 0) is 30.5 Å². The molecule has 0 spiro atoms. The Morgan fingerprint density at radius 3 is 2.70 bits per heavy atom. The predicted molar refractivity (Wildman–Crippen MR) is 112 cm³/mol. The van der Waals surface area contributed by atoms with Crippen LogP contribution in [0.25, 0.3) is 21.9 Å². The van der Waals surface area contributed by atoms with Crippen molar-refractivity contribution in [3.05, 3.63) is 53.8 Å². The molecule has 0 aliphatic carbocycles. The zero-order valence-electron chi connectivity index (χ0n) is 15.4. The SMILES string of the molecule is CC(C)CCn1c(SCc2csc(-c3ncccn3)n2)nc2ccccc21. The van der Waals surface area contributed by atoms with E-state index in [9.17, 15) is 0 Å². The molecule has 0 bridgehead atoms. The fourth-order valence-electron chi connectivity index (χ4n) is 2.79. The first kappa shape index (κ1) is 18.1. The molecule has 0 saturated carbocycles. The molecule has 4 rings (SSSR count). The smallest absolute Gasteiger partial charge is 0.188 e. The van der Waals surface area contributed by atoms with Gasteiger partial charge in [-0.3, -0.25) is 0 Å². The first-order chi connectivity index (χ1) is 13.2. The Balaban J connectivity index is 1.53. The highest BCUT2D eigenvalue weighted by Gasteiger charge is 2.13. The van der Waals surface area contributed by atoms with Crippen LogP contribution in [0.2, 0.25) is 0 Å². The largest absolute Gasteiger partial charge is 0.319 e. The summed E-state index contributed by atoms with van der Waals surface area (Å²) in [6.45, 7) is 5.50. The lowest BCUT2D eigenvalue weighted by molar-refractivity contribution is 0.503. The molecule has 0 amide bonds. The second kappa shape index (κ2) is 8.19. The van der Waals surface area contributed by atoms with Crippen molar-refractivity contribution >= 4 is 34.1 Å². The molecule has 1 aromatic carbocycles. The number of imidazole rings is 1. The Morgan fingerprint density at radius 1 is 1.07 bits per heavy atom. The van der Waals surface area contributed by atoms with Gasteiger partial charge in [0.05, 0.1) is 16.7 Å². The third-order valence-electron chi connectivity index (χ3n) is 4.21. The zero-order valence-corrected chi connectivity index (χ0v) is 17.0. The molecule has 0 atom stereocenters. The highest BCUT2D eigenvalue weighted by Crippen LogP contribution is 2.29. The van der Waals surface area contributed by atoms with Crippen LogP contribution in [0.15, 0.2) is 53.3 Å². The minimum Gasteiger partial charge on any atom is -0.319 e. The lowest BCUT2D eigenvalue weighted by Gasteiger charge is -2.10. The van der Waals surface area contributed by atoms with Crippen LogP contribution in [0.3, 0.4) is 0 Å². The molecule has 0 fully saturated rings. The van der Waals surface area contributed by atoms with E-state index in [0.29, 0.717) is 11.7 Å². The van der Waals surface area contributed by atoms with Gasteiger partial charge in [-0.15, -0.1) is 11.3 Å². The average Bonchev–Trinajstić information content (AvgIpc) is 3.30. The van der Waals surface area contributed by atoms with Crippen LogP contribution >= 0.6 is 23.1 Å². The molecule has 27 heavy (non-hydrogen) atoms. The fourth-order valence-corrected chi connectivity index (χ4v) is 4.59. The number of thioether (sulfide) groups is 1. The van der Waals surface area contributed by atoms with Crippen molar-refractivity contribution in [2.24, 2.45) is 5.92 Å². The molecule has 0 aliphatic rings. The monoisotopic (exact) mass is 395 g/mol. The molecular weight excluding hydrogens is 374 g/mol. The van der Waals surface area contributed by atoms with Gasteiger partial charge < -0.3 is 4.57 Å². The lowest BCUT2D eigenvalue weighted by Crippen LogP contribution is -2.03. The maximum atomic E-state index is 4.85. The van der Waals surface area contributed by atoms with Gasteiger partial charge in [-0.25, -0.2) is 19.9 Å². The van der Waals surface area contributed by atoms with Gasteiger partial charge in [0.25, 0.3) is 0 Å². The lowest BCUT2D eigenvalue weighted by atomic mass is 10.1. The second-order valence-corrected chi connectivity index (χ2v) is 8.52. The molecular formula is C20H21N5S2. The van der Waals surface area contributed by atoms with Gasteiger partial charge in [-0.2, -0.15) is 0 Å². The number of fused-ring (bicyclic) bond motifs is 1. The first-order valence-corrected chi connectivity index (χ1v) is 10.9. The molecule has 0 aliphatic heterocycles. The Bertz CT molecular complexity index is 1020. The minimum atomic E-state index is 0.663. The number of para-hydroxylation sites is 2. The molecule has 0 radical (unpaired) electrons. The third kappa shape index (κ3) is 4.20. The standard InChI is InChI=1S/C20H21N5S2/c1-14(2)8-11-25-17-7-4-3-6-16(17)24-20(25)27-13-15-12-26-19(23-15)18-21-9-5-10-22-18/h3-7,9-10,12,14H,8,11,13H2,1-2H3. The van der Waals surface area contributed by atoms with Gasteiger partial charge in [0, 0.05) is 30.1 Å². The number of hydrogen-bond donors (Lipinski definition) is 0. The van der Waals surface area contributed by atoms with E-state index in [0.717, 1.165) is 40.1 Å². The van der Waals surface area contributed by atoms with Gasteiger partial charge in [-0.1, -0.05) is 37.7 Å². The quantitative estimate of drug-likeness (QED) is 0.398. The Labute approximate surface area is 166 Å². The molecule has 3 aromatic heterocycles. The molecule has 0 unspecified atom stereocenters. The molecule has 138 valence electrons. The van der Waals surface area contributed by atoms with E-state index in [4.69, 9.17) is 4.98 Å². The molecule has 4 aromatic rings. The summed E-state index contributed by atoms with van der Waals surface area (Å²) in [6, 6.07) is 10.2. The Kier molecular flexibility index (Phi) is 5.50. The number of hydrogen-bond acceptors (Lipinski definition) is 6.